The first-order valence-electron chi connectivity index (χ1n) is 5.77. The molecule has 3 atom stereocenters. The molecular weight excluding hydrogens is 190 g/mol. The fourth-order valence-electron chi connectivity index (χ4n) is 2.15. The molecule has 0 aliphatic carbocycles. The van der Waals surface area contributed by atoms with Crippen molar-refractivity contribution in [2.75, 3.05) is 27.9 Å². The first-order chi connectivity index (χ1) is 7.05. The van der Waals surface area contributed by atoms with E-state index >= 15 is 0 Å². The molecule has 0 heterocycles. The second kappa shape index (κ2) is 7.20. The van der Waals surface area contributed by atoms with E-state index in [0.717, 1.165) is 19.4 Å². The zero-order valence-electron chi connectivity index (χ0n) is 11.1. The molecule has 0 aliphatic heterocycles. The molecule has 0 saturated carbocycles. The average Bonchev–Trinajstić information content (AvgIpc) is 2.26. The zero-order chi connectivity index (χ0) is 11.9. The summed E-state index contributed by atoms with van der Waals surface area (Å²) < 4.78 is 10.8. The lowest BCUT2D eigenvalue weighted by molar-refractivity contribution is -0.0442. The largest absolute Gasteiger partial charge is 0.385 e. The highest BCUT2D eigenvalue weighted by atomic mass is 16.5. The molecule has 0 aliphatic rings. The normalized spacial score (nSPS) is 19.6. The van der Waals surface area contributed by atoms with Gasteiger partial charge in [-0.15, -0.1) is 0 Å². The Morgan fingerprint density at radius 3 is 2.27 bits per heavy atom. The van der Waals surface area contributed by atoms with Crippen molar-refractivity contribution in [1.82, 2.24) is 5.32 Å². The molecule has 0 bridgehead atoms. The van der Waals surface area contributed by atoms with Crippen LogP contribution in [0.4, 0.5) is 0 Å². The number of methoxy groups -OCH3 is 2. The number of rotatable bonds is 8. The van der Waals surface area contributed by atoms with E-state index in [2.05, 4.69) is 26.1 Å². The second-order valence-electron chi connectivity index (χ2n) is 4.40. The minimum absolute atomic E-state index is 0.0953. The fraction of sp³-hybridized carbons (Fsp3) is 1.00. The minimum Gasteiger partial charge on any atom is -0.385 e. The van der Waals surface area contributed by atoms with Crippen LogP contribution in [-0.2, 0) is 9.47 Å². The van der Waals surface area contributed by atoms with Gasteiger partial charge in [0.05, 0.1) is 5.60 Å². The standard InChI is InChI=1S/C12H27NO2/c1-7-12(3,15-6)11(13-4)10(2)8-9-14-5/h10-11,13H,7-9H2,1-6H3. The van der Waals surface area contributed by atoms with E-state index in [-0.39, 0.29) is 5.60 Å². The Bertz CT molecular complexity index is 158. The van der Waals surface area contributed by atoms with Crippen molar-refractivity contribution in [3.63, 3.8) is 0 Å². The monoisotopic (exact) mass is 217 g/mol. The quantitative estimate of drug-likeness (QED) is 0.675. The van der Waals surface area contributed by atoms with Crippen molar-refractivity contribution in [2.24, 2.45) is 5.92 Å². The van der Waals surface area contributed by atoms with Gasteiger partial charge in [-0.1, -0.05) is 13.8 Å². The van der Waals surface area contributed by atoms with Crippen LogP contribution >= 0.6 is 0 Å². The molecule has 0 fully saturated rings. The van der Waals surface area contributed by atoms with Crippen LogP contribution in [0.5, 0.6) is 0 Å². The van der Waals surface area contributed by atoms with E-state index in [1.165, 1.54) is 0 Å². The van der Waals surface area contributed by atoms with Gasteiger partial charge >= 0.3 is 0 Å². The first kappa shape index (κ1) is 14.9. The lowest BCUT2D eigenvalue weighted by Crippen LogP contribution is -2.52. The third kappa shape index (κ3) is 4.09. The molecule has 1 N–H and O–H groups in total. The van der Waals surface area contributed by atoms with Gasteiger partial charge in [0.25, 0.3) is 0 Å². The Balaban J connectivity index is 4.43. The smallest absolute Gasteiger partial charge is 0.0802 e. The molecule has 0 aromatic rings. The molecule has 0 aromatic carbocycles. The Morgan fingerprint density at radius 2 is 1.93 bits per heavy atom. The summed E-state index contributed by atoms with van der Waals surface area (Å²) >= 11 is 0. The predicted molar refractivity (Wildman–Crippen MR) is 64.2 cm³/mol. The average molecular weight is 217 g/mol. The summed E-state index contributed by atoms with van der Waals surface area (Å²) in [5.74, 6) is 0.542. The molecular formula is C12H27NO2. The molecule has 0 aromatic heterocycles. The Labute approximate surface area is 94.5 Å². The van der Waals surface area contributed by atoms with Crippen LogP contribution in [0.2, 0.25) is 0 Å². The molecule has 3 heteroatoms. The minimum atomic E-state index is -0.0953. The highest BCUT2D eigenvalue weighted by Crippen LogP contribution is 2.26. The van der Waals surface area contributed by atoms with E-state index in [1.54, 1.807) is 14.2 Å². The number of hydrogen-bond acceptors (Lipinski definition) is 3. The maximum absolute atomic E-state index is 5.64. The highest BCUT2D eigenvalue weighted by molar-refractivity contribution is 4.90. The molecule has 3 nitrogen and oxygen atoms in total. The summed E-state index contributed by atoms with van der Waals surface area (Å²) in [7, 11) is 5.54. The molecule has 15 heavy (non-hydrogen) atoms. The van der Waals surface area contributed by atoms with Gasteiger partial charge in [-0.2, -0.15) is 0 Å². The lowest BCUT2D eigenvalue weighted by atomic mass is 9.83. The topological polar surface area (TPSA) is 30.5 Å². The van der Waals surface area contributed by atoms with Crippen LogP contribution in [0.25, 0.3) is 0 Å². The van der Waals surface area contributed by atoms with Crippen molar-refractivity contribution < 1.29 is 9.47 Å². The van der Waals surface area contributed by atoms with Gasteiger partial charge in [0, 0.05) is 26.9 Å². The molecule has 92 valence electrons. The lowest BCUT2D eigenvalue weighted by Gasteiger charge is -2.39. The summed E-state index contributed by atoms with van der Waals surface area (Å²) in [6.45, 7) is 7.38. The summed E-state index contributed by atoms with van der Waals surface area (Å²) in [6, 6.07) is 0.364. The van der Waals surface area contributed by atoms with Crippen LogP contribution in [-0.4, -0.2) is 39.5 Å². The van der Waals surface area contributed by atoms with E-state index in [0.29, 0.717) is 12.0 Å². The van der Waals surface area contributed by atoms with E-state index in [9.17, 15) is 0 Å². The van der Waals surface area contributed by atoms with Crippen LogP contribution in [0.1, 0.15) is 33.6 Å². The van der Waals surface area contributed by atoms with Crippen LogP contribution in [0.15, 0.2) is 0 Å². The summed E-state index contributed by atoms with van der Waals surface area (Å²) in [5, 5.41) is 3.37. The maximum Gasteiger partial charge on any atom is 0.0802 e. The van der Waals surface area contributed by atoms with Crippen LogP contribution < -0.4 is 5.32 Å². The Hall–Kier alpha value is -0.120. The first-order valence-corrected chi connectivity index (χ1v) is 5.77. The van der Waals surface area contributed by atoms with Crippen molar-refractivity contribution in [1.29, 1.82) is 0 Å². The summed E-state index contributed by atoms with van der Waals surface area (Å²) in [4.78, 5) is 0. The van der Waals surface area contributed by atoms with E-state index < -0.39 is 0 Å². The molecule has 3 unspecified atom stereocenters. The number of nitrogens with one attached hydrogen (secondary N) is 1. The SMILES string of the molecule is CCC(C)(OC)C(NC)C(C)CCOC. The summed E-state index contributed by atoms with van der Waals surface area (Å²) in [5.41, 5.74) is -0.0953. The highest BCUT2D eigenvalue weighted by Gasteiger charge is 2.34. The van der Waals surface area contributed by atoms with Crippen molar-refractivity contribution in [2.45, 2.75) is 45.3 Å². The van der Waals surface area contributed by atoms with Crippen molar-refractivity contribution >= 4 is 0 Å². The van der Waals surface area contributed by atoms with E-state index in [4.69, 9.17) is 9.47 Å². The number of ether oxygens (including phenoxy) is 2. The molecule has 0 spiro atoms. The van der Waals surface area contributed by atoms with Gasteiger partial charge in [-0.05, 0) is 32.7 Å². The van der Waals surface area contributed by atoms with Gasteiger partial charge in [-0.25, -0.2) is 0 Å². The van der Waals surface area contributed by atoms with Crippen LogP contribution in [0.3, 0.4) is 0 Å². The van der Waals surface area contributed by atoms with Gasteiger partial charge < -0.3 is 14.8 Å². The van der Waals surface area contributed by atoms with Crippen molar-refractivity contribution in [3.05, 3.63) is 0 Å². The Morgan fingerprint density at radius 1 is 1.33 bits per heavy atom. The molecule has 0 amide bonds. The van der Waals surface area contributed by atoms with E-state index in [1.807, 2.05) is 7.05 Å². The third-order valence-electron chi connectivity index (χ3n) is 3.48. The van der Waals surface area contributed by atoms with Gasteiger partial charge in [0.1, 0.15) is 0 Å². The van der Waals surface area contributed by atoms with Gasteiger partial charge in [-0.3, -0.25) is 0 Å². The van der Waals surface area contributed by atoms with Gasteiger partial charge in [0.15, 0.2) is 0 Å². The maximum atomic E-state index is 5.64. The number of hydrogen-bond donors (Lipinski definition) is 1. The number of likely N-dealkylation sites (N-methyl/N-ethyl adjacent to an activating group) is 1. The summed E-state index contributed by atoms with van der Waals surface area (Å²) in [6.07, 6.45) is 2.06. The molecule has 0 rings (SSSR count). The van der Waals surface area contributed by atoms with Crippen molar-refractivity contribution in [3.8, 4) is 0 Å². The third-order valence-corrected chi connectivity index (χ3v) is 3.48. The molecule has 0 radical (unpaired) electrons. The Kier molecular flexibility index (Phi) is 7.14. The fourth-order valence-corrected chi connectivity index (χ4v) is 2.15. The second-order valence-corrected chi connectivity index (χ2v) is 4.40. The zero-order valence-corrected chi connectivity index (χ0v) is 11.1. The van der Waals surface area contributed by atoms with Crippen LogP contribution in [0, 0.1) is 5.92 Å². The predicted octanol–water partition coefficient (Wildman–Crippen LogP) is 2.06. The molecule has 0 saturated heterocycles. The van der Waals surface area contributed by atoms with Gasteiger partial charge in [0.2, 0.25) is 0 Å².